The third-order valence-corrected chi connectivity index (χ3v) is 3.70. The molecule has 0 atom stereocenters. The van der Waals surface area contributed by atoms with Crippen LogP contribution in [-0.2, 0) is 19.3 Å². The molecule has 0 radical (unpaired) electrons. The first-order valence-corrected chi connectivity index (χ1v) is 8.15. The lowest BCUT2D eigenvalue weighted by molar-refractivity contribution is 1.04. The molecule has 0 heterocycles. The molecule has 0 saturated carbocycles. The van der Waals surface area contributed by atoms with Crippen LogP contribution in [0.3, 0.4) is 0 Å². The van der Waals surface area contributed by atoms with Gasteiger partial charge in [-0.05, 0) is 56.7 Å². The molecule has 2 aromatic rings. The third kappa shape index (κ3) is 6.93. The predicted molar refractivity (Wildman–Crippen MR) is 102 cm³/mol. The lowest BCUT2D eigenvalue weighted by atomic mass is 10.0. The monoisotopic (exact) mass is 298 g/mol. The summed E-state index contributed by atoms with van der Waals surface area (Å²) in [5, 5.41) is 0. The second-order valence-electron chi connectivity index (χ2n) is 5.88. The largest absolute Gasteiger partial charge is 0.0776 e. The Morgan fingerprint density at radius 3 is 0.909 bits per heavy atom. The van der Waals surface area contributed by atoms with E-state index in [2.05, 4.69) is 77.9 Å². The van der Waals surface area contributed by atoms with Crippen LogP contribution >= 0.6 is 0 Å². The molecule has 0 bridgehead atoms. The summed E-state index contributed by atoms with van der Waals surface area (Å²) >= 11 is 0. The van der Waals surface area contributed by atoms with Gasteiger partial charge in [0.2, 0.25) is 0 Å². The summed E-state index contributed by atoms with van der Waals surface area (Å²) in [6.45, 7) is 13.0. The summed E-state index contributed by atoms with van der Waals surface area (Å²) in [4.78, 5) is 0. The first-order chi connectivity index (χ1) is 9.98. The minimum Gasteiger partial charge on any atom is -0.0776 e. The predicted octanol–water partition coefficient (Wildman–Crippen LogP) is 6.62. The molecular formula is C22H34. The zero-order chi connectivity index (χ0) is 15.8. The minimum absolute atomic E-state index is 0. The van der Waals surface area contributed by atoms with Crippen molar-refractivity contribution in [3.05, 3.63) is 69.8 Å². The molecule has 0 N–H and O–H groups in total. The van der Waals surface area contributed by atoms with Crippen LogP contribution in [-0.4, -0.2) is 0 Å². The molecule has 0 aliphatic carbocycles. The quantitative estimate of drug-likeness (QED) is 0.597. The Balaban J connectivity index is 0.000000397. The maximum atomic E-state index is 2.32. The van der Waals surface area contributed by atoms with E-state index in [4.69, 9.17) is 0 Å². The number of hydrogen-bond donors (Lipinski definition) is 0. The van der Waals surface area contributed by atoms with Gasteiger partial charge >= 0.3 is 0 Å². The van der Waals surface area contributed by atoms with Gasteiger partial charge in [0.1, 0.15) is 0 Å². The first kappa shape index (κ1) is 20.4. The Morgan fingerprint density at radius 2 is 0.727 bits per heavy atom. The Morgan fingerprint density at radius 1 is 0.500 bits per heavy atom. The summed E-state index contributed by atoms with van der Waals surface area (Å²) in [5.41, 5.74) is 8.50. The zero-order valence-electron chi connectivity index (χ0n) is 14.6. The minimum atomic E-state index is 0. The van der Waals surface area contributed by atoms with Crippen LogP contribution in [0.1, 0.15) is 61.6 Å². The molecule has 0 amide bonds. The van der Waals surface area contributed by atoms with Gasteiger partial charge in [-0.25, -0.2) is 0 Å². The van der Waals surface area contributed by atoms with Gasteiger partial charge in [0, 0.05) is 0 Å². The van der Waals surface area contributed by atoms with Gasteiger partial charge in [0.05, 0.1) is 0 Å². The average Bonchev–Trinajstić information content (AvgIpc) is 2.45. The highest BCUT2D eigenvalue weighted by atomic mass is 14.0. The molecule has 0 aliphatic heterocycles. The fraction of sp³-hybridized carbons (Fsp3) is 0.455. The molecule has 0 heteroatoms. The highest BCUT2D eigenvalue weighted by Gasteiger charge is 1.96. The lowest BCUT2D eigenvalue weighted by Gasteiger charge is -2.05. The van der Waals surface area contributed by atoms with Crippen molar-refractivity contribution in [3.8, 4) is 0 Å². The van der Waals surface area contributed by atoms with Crippen LogP contribution in [0.4, 0.5) is 0 Å². The zero-order valence-corrected chi connectivity index (χ0v) is 14.6. The molecule has 0 saturated heterocycles. The van der Waals surface area contributed by atoms with E-state index in [1.807, 2.05) is 0 Å². The van der Waals surface area contributed by atoms with Crippen molar-refractivity contribution in [2.24, 2.45) is 0 Å². The topological polar surface area (TPSA) is 0 Å². The highest BCUT2D eigenvalue weighted by Crippen LogP contribution is 2.12. The van der Waals surface area contributed by atoms with E-state index in [-0.39, 0.29) is 7.43 Å². The van der Waals surface area contributed by atoms with Crippen molar-refractivity contribution in [2.75, 3.05) is 0 Å². The van der Waals surface area contributed by atoms with Crippen LogP contribution in [0.5, 0.6) is 0 Å². The number of aryl methyl sites for hydroxylation is 6. The summed E-state index contributed by atoms with van der Waals surface area (Å²) < 4.78 is 0. The Hall–Kier alpha value is -1.56. The SMILES string of the molecule is C.CCc1cc(CC)cc(CC)c1.Cc1cc(C)cc(C)c1. The van der Waals surface area contributed by atoms with E-state index in [1.165, 1.54) is 33.4 Å². The van der Waals surface area contributed by atoms with E-state index in [1.54, 1.807) is 0 Å². The van der Waals surface area contributed by atoms with E-state index >= 15 is 0 Å². The van der Waals surface area contributed by atoms with Crippen molar-refractivity contribution in [3.63, 3.8) is 0 Å². The molecule has 2 aromatic carbocycles. The molecular weight excluding hydrogens is 264 g/mol. The fourth-order valence-electron chi connectivity index (χ4n) is 2.65. The smallest absolute Gasteiger partial charge is 0.0307 e. The van der Waals surface area contributed by atoms with Gasteiger partial charge in [-0.1, -0.05) is 81.3 Å². The maximum Gasteiger partial charge on any atom is -0.0307 e. The van der Waals surface area contributed by atoms with Crippen molar-refractivity contribution >= 4 is 0 Å². The Labute approximate surface area is 138 Å². The van der Waals surface area contributed by atoms with Gasteiger partial charge in [-0.3, -0.25) is 0 Å². The normalized spacial score (nSPS) is 9.55. The first-order valence-electron chi connectivity index (χ1n) is 8.15. The van der Waals surface area contributed by atoms with Gasteiger partial charge in [0.25, 0.3) is 0 Å². The maximum absolute atomic E-state index is 2.32. The van der Waals surface area contributed by atoms with Crippen molar-refractivity contribution in [2.45, 2.75) is 68.2 Å². The summed E-state index contributed by atoms with van der Waals surface area (Å²) in [6.07, 6.45) is 3.46. The lowest BCUT2D eigenvalue weighted by Crippen LogP contribution is -1.90. The summed E-state index contributed by atoms with van der Waals surface area (Å²) in [6, 6.07) is 13.5. The number of rotatable bonds is 3. The van der Waals surface area contributed by atoms with Crippen molar-refractivity contribution in [1.29, 1.82) is 0 Å². The second-order valence-corrected chi connectivity index (χ2v) is 5.88. The molecule has 22 heavy (non-hydrogen) atoms. The molecule has 0 spiro atoms. The van der Waals surface area contributed by atoms with Gasteiger partial charge in [0.15, 0.2) is 0 Å². The third-order valence-electron chi connectivity index (χ3n) is 3.70. The Bertz CT molecular complexity index is 459. The fourth-order valence-corrected chi connectivity index (χ4v) is 2.65. The van der Waals surface area contributed by atoms with Gasteiger partial charge in [-0.2, -0.15) is 0 Å². The molecule has 2 rings (SSSR count). The molecule has 0 nitrogen and oxygen atoms in total. The van der Waals surface area contributed by atoms with E-state index in [9.17, 15) is 0 Å². The molecule has 0 aliphatic rings. The van der Waals surface area contributed by atoms with Crippen LogP contribution < -0.4 is 0 Å². The van der Waals surface area contributed by atoms with E-state index < -0.39 is 0 Å². The molecule has 0 aromatic heterocycles. The molecule has 0 fully saturated rings. The van der Waals surface area contributed by atoms with Gasteiger partial charge in [-0.15, -0.1) is 0 Å². The van der Waals surface area contributed by atoms with E-state index in [0.717, 1.165) is 19.3 Å². The van der Waals surface area contributed by atoms with E-state index in [0.29, 0.717) is 0 Å². The number of hydrogen-bond acceptors (Lipinski definition) is 0. The Kier molecular flexibility index (Phi) is 9.49. The van der Waals surface area contributed by atoms with Gasteiger partial charge < -0.3 is 0 Å². The second kappa shape index (κ2) is 10.2. The molecule has 122 valence electrons. The highest BCUT2D eigenvalue weighted by molar-refractivity contribution is 5.30. The molecule has 0 unspecified atom stereocenters. The van der Waals surface area contributed by atoms with Crippen LogP contribution in [0, 0.1) is 20.8 Å². The average molecular weight is 299 g/mol. The summed E-state index contributed by atoms with van der Waals surface area (Å²) in [5.74, 6) is 0. The van der Waals surface area contributed by atoms with Crippen LogP contribution in [0.2, 0.25) is 0 Å². The van der Waals surface area contributed by atoms with Crippen molar-refractivity contribution in [1.82, 2.24) is 0 Å². The standard InChI is InChI=1S/C12H18.C9H12.CH4/c1-4-10-7-11(5-2)9-12(6-3)8-10;1-7-4-8(2)6-9(3)5-7;/h7-9H,4-6H2,1-3H3;4-6H,1-3H3;1H4. The summed E-state index contributed by atoms with van der Waals surface area (Å²) in [7, 11) is 0. The number of benzene rings is 2. The van der Waals surface area contributed by atoms with Crippen LogP contribution in [0.25, 0.3) is 0 Å². The van der Waals surface area contributed by atoms with Crippen molar-refractivity contribution < 1.29 is 0 Å². The van der Waals surface area contributed by atoms with Crippen LogP contribution in [0.15, 0.2) is 36.4 Å².